The lowest BCUT2D eigenvalue weighted by Gasteiger charge is -2.21. The average Bonchev–Trinajstić information content (AvgIpc) is 2.45. The van der Waals surface area contributed by atoms with Gasteiger partial charge in [-0.2, -0.15) is 0 Å². The third kappa shape index (κ3) is 3.50. The highest BCUT2D eigenvalue weighted by molar-refractivity contribution is 9.10. The Morgan fingerprint density at radius 2 is 1.90 bits per heavy atom. The van der Waals surface area contributed by atoms with Crippen LogP contribution in [-0.2, 0) is 6.42 Å². The average molecular weight is 332 g/mol. The van der Waals surface area contributed by atoms with Gasteiger partial charge in [0.25, 0.3) is 0 Å². The first-order valence-electron chi connectivity index (χ1n) is 7.24. The van der Waals surface area contributed by atoms with Gasteiger partial charge in [0.15, 0.2) is 0 Å². The molecule has 0 aromatic heterocycles. The van der Waals surface area contributed by atoms with Crippen molar-refractivity contribution in [3.8, 4) is 0 Å². The maximum atomic E-state index is 3.71. The summed E-state index contributed by atoms with van der Waals surface area (Å²) < 4.78 is 1.17. The van der Waals surface area contributed by atoms with Crippen LogP contribution in [0.25, 0.3) is 0 Å². The smallest absolute Gasteiger partial charge is 0.0587 e. The van der Waals surface area contributed by atoms with E-state index in [4.69, 9.17) is 0 Å². The SMILES string of the molecule is CCNC(c1cccc(CC)c1)c1ccc(C)cc1Br. The van der Waals surface area contributed by atoms with Gasteiger partial charge in [-0.05, 0) is 48.2 Å². The lowest BCUT2D eigenvalue weighted by atomic mass is 9.96. The molecule has 0 fully saturated rings. The van der Waals surface area contributed by atoms with Gasteiger partial charge in [-0.15, -0.1) is 0 Å². The predicted octanol–water partition coefficient (Wildman–Crippen LogP) is 5.02. The van der Waals surface area contributed by atoms with E-state index < -0.39 is 0 Å². The topological polar surface area (TPSA) is 12.0 Å². The number of benzene rings is 2. The minimum Gasteiger partial charge on any atom is -0.306 e. The molecule has 1 nitrogen and oxygen atoms in total. The third-order valence-corrected chi connectivity index (χ3v) is 4.25. The van der Waals surface area contributed by atoms with Crippen molar-refractivity contribution < 1.29 is 0 Å². The molecule has 2 aromatic carbocycles. The van der Waals surface area contributed by atoms with Crippen LogP contribution in [0, 0.1) is 6.92 Å². The van der Waals surface area contributed by atoms with Crippen molar-refractivity contribution in [3.05, 3.63) is 69.2 Å². The lowest BCUT2D eigenvalue weighted by molar-refractivity contribution is 0.628. The maximum Gasteiger partial charge on any atom is 0.0587 e. The Bertz CT molecular complexity index is 577. The maximum absolute atomic E-state index is 3.71. The zero-order chi connectivity index (χ0) is 14.5. The first-order valence-corrected chi connectivity index (χ1v) is 8.03. The molecule has 0 aliphatic heterocycles. The van der Waals surface area contributed by atoms with E-state index >= 15 is 0 Å². The Balaban J connectivity index is 2.44. The molecule has 0 heterocycles. The molecule has 0 saturated carbocycles. The van der Waals surface area contributed by atoms with Crippen LogP contribution in [0.2, 0.25) is 0 Å². The molecule has 1 unspecified atom stereocenters. The summed E-state index contributed by atoms with van der Waals surface area (Å²) in [7, 11) is 0. The van der Waals surface area contributed by atoms with Crippen LogP contribution in [-0.4, -0.2) is 6.54 Å². The Morgan fingerprint density at radius 1 is 1.10 bits per heavy atom. The van der Waals surface area contributed by atoms with E-state index in [1.165, 1.54) is 26.7 Å². The molecule has 1 N–H and O–H groups in total. The molecule has 2 rings (SSSR count). The van der Waals surface area contributed by atoms with Gasteiger partial charge in [-0.1, -0.05) is 66.2 Å². The molecule has 0 radical (unpaired) electrons. The highest BCUT2D eigenvalue weighted by Crippen LogP contribution is 2.30. The molecule has 0 bridgehead atoms. The molecule has 20 heavy (non-hydrogen) atoms. The van der Waals surface area contributed by atoms with Crippen LogP contribution in [0.5, 0.6) is 0 Å². The third-order valence-electron chi connectivity index (χ3n) is 3.57. The number of rotatable bonds is 5. The summed E-state index contributed by atoms with van der Waals surface area (Å²) in [6.45, 7) is 7.41. The summed E-state index contributed by atoms with van der Waals surface area (Å²) >= 11 is 3.71. The molecule has 1 atom stereocenters. The van der Waals surface area contributed by atoms with E-state index in [1.807, 2.05) is 0 Å². The number of aryl methyl sites for hydroxylation is 2. The van der Waals surface area contributed by atoms with Crippen molar-refractivity contribution in [1.82, 2.24) is 5.32 Å². The van der Waals surface area contributed by atoms with Crippen molar-refractivity contribution in [1.29, 1.82) is 0 Å². The molecular formula is C18H22BrN. The number of nitrogens with one attached hydrogen (secondary N) is 1. The molecule has 2 heteroatoms. The van der Waals surface area contributed by atoms with Crippen LogP contribution >= 0.6 is 15.9 Å². The van der Waals surface area contributed by atoms with E-state index in [-0.39, 0.29) is 6.04 Å². The number of hydrogen-bond acceptors (Lipinski definition) is 1. The summed E-state index contributed by atoms with van der Waals surface area (Å²) in [4.78, 5) is 0. The largest absolute Gasteiger partial charge is 0.306 e. The normalized spacial score (nSPS) is 12.4. The fraction of sp³-hybridized carbons (Fsp3) is 0.333. The Kier molecular flexibility index (Phi) is 5.38. The van der Waals surface area contributed by atoms with Crippen molar-refractivity contribution in [2.24, 2.45) is 0 Å². The minimum absolute atomic E-state index is 0.237. The Labute approximate surface area is 130 Å². The van der Waals surface area contributed by atoms with E-state index in [0.717, 1.165) is 13.0 Å². The van der Waals surface area contributed by atoms with Crippen LogP contribution in [0.15, 0.2) is 46.9 Å². The van der Waals surface area contributed by atoms with Gasteiger partial charge in [0.1, 0.15) is 0 Å². The molecular weight excluding hydrogens is 310 g/mol. The highest BCUT2D eigenvalue weighted by atomic mass is 79.9. The van der Waals surface area contributed by atoms with Gasteiger partial charge in [-0.3, -0.25) is 0 Å². The van der Waals surface area contributed by atoms with Crippen LogP contribution in [0.3, 0.4) is 0 Å². The van der Waals surface area contributed by atoms with Crippen molar-refractivity contribution >= 4 is 15.9 Å². The fourth-order valence-corrected chi connectivity index (χ4v) is 3.19. The molecule has 0 aliphatic carbocycles. The Hall–Kier alpha value is -1.12. The van der Waals surface area contributed by atoms with Crippen LogP contribution < -0.4 is 5.32 Å². The first-order chi connectivity index (χ1) is 9.65. The molecule has 0 amide bonds. The van der Waals surface area contributed by atoms with Gasteiger partial charge in [-0.25, -0.2) is 0 Å². The van der Waals surface area contributed by atoms with Crippen LogP contribution in [0.4, 0.5) is 0 Å². The monoisotopic (exact) mass is 331 g/mol. The second-order valence-corrected chi connectivity index (χ2v) is 5.97. The van der Waals surface area contributed by atoms with Gasteiger partial charge in [0, 0.05) is 4.47 Å². The second kappa shape index (κ2) is 7.05. The van der Waals surface area contributed by atoms with Crippen molar-refractivity contribution in [3.63, 3.8) is 0 Å². The fourth-order valence-electron chi connectivity index (χ4n) is 2.47. The zero-order valence-corrected chi connectivity index (χ0v) is 14.0. The first kappa shape index (κ1) is 15.3. The quantitative estimate of drug-likeness (QED) is 0.811. The zero-order valence-electron chi connectivity index (χ0n) is 12.4. The standard InChI is InChI=1S/C18H22BrN/c1-4-14-7-6-8-15(12-14)18(20-5-2)16-10-9-13(3)11-17(16)19/h6-12,18,20H,4-5H2,1-3H3. The van der Waals surface area contributed by atoms with Crippen molar-refractivity contribution in [2.45, 2.75) is 33.2 Å². The Morgan fingerprint density at radius 3 is 2.55 bits per heavy atom. The summed E-state index contributed by atoms with van der Waals surface area (Å²) in [5.74, 6) is 0. The minimum atomic E-state index is 0.237. The van der Waals surface area contributed by atoms with Gasteiger partial charge >= 0.3 is 0 Å². The number of hydrogen-bond donors (Lipinski definition) is 1. The summed E-state index contributed by atoms with van der Waals surface area (Å²) in [6.07, 6.45) is 1.07. The lowest BCUT2D eigenvalue weighted by Crippen LogP contribution is -2.22. The predicted molar refractivity (Wildman–Crippen MR) is 90.2 cm³/mol. The molecule has 0 saturated heterocycles. The summed E-state index contributed by atoms with van der Waals surface area (Å²) in [5, 5.41) is 3.60. The van der Waals surface area contributed by atoms with E-state index in [9.17, 15) is 0 Å². The second-order valence-electron chi connectivity index (χ2n) is 5.11. The molecule has 106 valence electrons. The summed E-state index contributed by atoms with van der Waals surface area (Å²) in [6, 6.07) is 15.7. The summed E-state index contributed by atoms with van der Waals surface area (Å²) in [5.41, 5.74) is 5.29. The van der Waals surface area contributed by atoms with Gasteiger partial charge in [0.2, 0.25) is 0 Å². The molecule has 2 aromatic rings. The highest BCUT2D eigenvalue weighted by Gasteiger charge is 2.16. The van der Waals surface area contributed by atoms with Crippen LogP contribution in [0.1, 0.15) is 42.1 Å². The molecule has 0 spiro atoms. The van der Waals surface area contributed by atoms with E-state index in [1.54, 1.807) is 0 Å². The van der Waals surface area contributed by atoms with E-state index in [2.05, 4.69) is 84.5 Å². The van der Waals surface area contributed by atoms with Gasteiger partial charge < -0.3 is 5.32 Å². The molecule has 0 aliphatic rings. The number of halogens is 1. The van der Waals surface area contributed by atoms with Crippen molar-refractivity contribution in [2.75, 3.05) is 6.54 Å². The van der Waals surface area contributed by atoms with Gasteiger partial charge in [0.05, 0.1) is 6.04 Å². The van der Waals surface area contributed by atoms with E-state index in [0.29, 0.717) is 0 Å².